The third-order valence-electron chi connectivity index (χ3n) is 3.59. The maximum Gasteiger partial charge on any atom is 0.253 e. The molecule has 1 aliphatic heterocycles. The molecule has 104 valence electrons. The Balaban J connectivity index is 1.83. The van der Waals surface area contributed by atoms with Gasteiger partial charge in [-0.15, -0.1) is 0 Å². The van der Waals surface area contributed by atoms with Crippen LogP contribution in [0.4, 0.5) is 0 Å². The molecule has 2 aromatic rings. The Morgan fingerprint density at radius 1 is 1.50 bits per heavy atom. The zero-order valence-electron chi connectivity index (χ0n) is 11.0. The summed E-state index contributed by atoms with van der Waals surface area (Å²) in [6.07, 6.45) is 3.96. The van der Waals surface area contributed by atoms with E-state index >= 15 is 0 Å². The molecule has 1 fully saturated rings. The number of fused-ring (bicyclic) bond motifs is 1. The Kier molecular flexibility index (Phi) is 3.85. The number of nitrogens with one attached hydrogen (secondary N) is 2. The summed E-state index contributed by atoms with van der Waals surface area (Å²) in [4.78, 5) is 16.6. The first-order valence-electron chi connectivity index (χ1n) is 6.80. The van der Waals surface area contributed by atoms with Gasteiger partial charge in [0.25, 0.3) is 5.91 Å². The standard InChI is InChI=1S/C15H16ClN3O/c16-11-7-10-3-1-6-18-14(10)13(8-11)15(20)19-9-12-4-2-5-17-12/h1,3,6-8,12,17H,2,4-5,9H2,(H,19,20). The van der Waals surface area contributed by atoms with Crippen LogP contribution in [0.3, 0.4) is 0 Å². The molecule has 1 unspecified atom stereocenters. The quantitative estimate of drug-likeness (QED) is 0.912. The monoisotopic (exact) mass is 289 g/mol. The van der Waals surface area contributed by atoms with Gasteiger partial charge >= 0.3 is 0 Å². The molecule has 5 heteroatoms. The number of hydrogen-bond acceptors (Lipinski definition) is 3. The van der Waals surface area contributed by atoms with Gasteiger partial charge in [0.2, 0.25) is 0 Å². The number of pyridine rings is 1. The first kappa shape index (κ1) is 13.3. The molecule has 1 aromatic heterocycles. The molecule has 20 heavy (non-hydrogen) atoms. The van der Waals surface area contributed by atoms with Crippen LogP contribution >= 0.6 is 11.6 Å². The fourth-order valence-corrected chi connectivity index (χ4v) is 2.80. The summed E-state index contributed by atoms with van der Waals surface area (Å²) in [5.74, 6) is -0.120. The van der Waals surface area contributed by atoms with Gasteiger partial charge in [-0.05, 0) is 37.6 Å². The molecule has 2 heterocycles. The molecule has 0 radical (unpaired) electrons. The molecule has 0 aliphatic carbocycles. The van der Waals surface area contributed by atoms with Crippen molar-refractivity contribution in [2.24, 2.45) is 0 Å². The van der Waals surface area contributed by atoms with Crippen molar-refractivity contribution >= 4 is 28.4 Å². The molecule has 3 rings (SSSR count). The van der Waals surface area contributed by atoms with Crippen LogP contribution in [0.5, 0.6) is 0 Å². The lowest BCUT2D eigenvalue weighted by Crippen LogP contribution is -2.37. The lowest BCUT2D eigenvalue weighted by atomic mass is 10.1. The largest absolute Gasteiger partial charge is 0.350 e. The Bertz CT molecular complexity index is 638. The van der Waals surface area contributed by atoms with Crippen LogP contribution in [-0.4, -0.2) is 30.0 Å². The Morgan fingerprint density at radius 2 is 2.40 bits per heavy atom. The van der Waals surface area contributed by atoms with E-state index in [0.29, 0.717) is 28.7 Å². The highest BCUT2D eigenvalue weighted by Gasteiger charge is 2.17. The molecule has 4 nitrogen and oxygen atoms in total. The highest BCUT2D eigenvalue weighted by atomic mass is 35.5. The van der Waals surface area contributed by atoms with E-state index in [-0.39, 0.29) is 5.91 Å². The average Bonchev–Trinajstić information content (AvgIpc) is 2.97. The van der Waals surface area contributed by atoms with E-state index < -0.39 is 0 Å². The maximum atomic E-state index is 12.3. The van der Waals surface area contributed by atoms with Crippen molar-refractivity contribution in [1.82, 2.24) is 15.6 Å². The van der Waals surface area contributed by atoms with Crippen molar-refractivity contribution in [3.8, 4) is 0 Å². The van der Waals surface area contributed by atoms with Crippen LogP contribution in [0.1, 0.15) is 23.2 Å². The zero-order chi connectivity index (χ0) is 13.9. The fraction of sp³-hybridized carbons (Fsp3) is 0.333. The first-order chi connectivity index (χ1) is 9.74. The molecule has 0 spiro atoms. The first-order valence-corrected chi connectivity index (χ1v) is 7.18. The summed E-state index contributed by atoms with van der Waals surface area (Å²) in [7, 11) is 0. The lowest BCUT2D eigenvalue weighted by molar-refractivity contribution is 0.0952. The highest BCUT2D eigenvalue weighted by Crippen LogP contribution is 2.22. The number of carbonyl (C=O) groups is 1. The van der Waals surface area contributed by atoms with Crippen molar-refractivity contribution in [3.63, 3.8) is 0 Å². The van der Waals surface area contributed by atoms with Gasteiger partial charge in [-0.1, -0.05) is 17.7 Å². The van der Waals surface area contributed by atoms with Gasteiger partial charge in [-0.3, -0.25) is 9.78 Å². The van der Waals surface area contributed by atoms with Crippen molar-refractivity contribution < 1.29 is 4.79 Å². The van der Waals surface area contributed by atoms with Gasteiger partial charge in [0, 0.05) is 29.2 Å². The van der Waals surface area contributed by atoms with E-state index in [2.05, 4.69) is 15.6 Å². The van der Waals surface area contributed by atoms with Gasteiger partial charge in [0.1, 0.15) is 0 Å². The highest BCUT2D eigenvalue weighted by molar-refractivity contribution is 6.32. The lowest BCUT2D eigenvalue weighted by Gasteiger charge is -2.12. The van der Waals surface area contributed by atoms with E-state index in [1.165, 1.54) is 6.42 Å². The Labute approximate surface area is 122 Å². The van der Waals surface area contributed by atoms with E-state index in [4.69, 9.17) is 11.6 Å². The number of nitrogens with zero attached hydrogens (tertiary/aromatic N) is 1. The van der Waals surface area contributed by atoms with Crippen LogP contribution in [0, 0.1) is 0 Å². The van der Waals surface area contributed by atoms with E-state index in [9.17, 15) is 4.79 Å². The summed E-state index contributed by atoms with van der Waals surface area (Å²) in [6, 6.07) is 7.61. The minimum Gasteiger partial charge on any atom is -0.350 e. The second-order valence-electron chi connectivity index (χ2n) is 5.03. The van der Waals surface area contributed by atoms with Crippen molar-refractivity contribution in [3.05, 3.63) is 41.0 Å². The predicted molar refractivity (Wildman–Crippen MR) is 80.1 cm³/mol. The summed E-state index contributed by atoms with van der Waals surface area (Å²) < 4.78 is 0. The summed E-state index contributed by atoms with van der Waals surface area (Å²) in [5.41, 5.74) is 1.22. The number of hydrogen-bond donors (Lipinski definition) is 2. The van der Waals surface area contributed by atoms with Gasteiger partial charge < -0.3 is 10.6 Å². The zero-order valence-corrected chi connectivity index (χ0v) is 11.8. The number of carbonyl (C=O) groups excluding carboxylic acids is 1. The summed E-state index contributed by atoms with van der Waals surface area (Å²) in [5, 5.41) is 7.75. The summed E-state index contributed by atoms with van der Waals surface area (Å²) in [6.45, 7) is 1.67. The van der Waals surface area contributed by atoms with Gasteiger partial charge in [-0.25, -0.2) is 0 Å². The van der Waals surface area contributed by atoms with Gasteiger partial charge in [0.15, 0.2) is 0 Å². The van der Waals surface area contributed by atoms with Gasteiger partial charge in [-0.2, -0.15) is 0 Å². The molecule has 1 atom stereocenters. The fourth-order valence-electron chi connectivity index (χ4n) is 2.57. The second-order valence-corrected chi connectivity index (χ2v) is 5.47. The number of benzene rings is 1. The second kappa shape index (κ2) is 5.77. The third-order valence-corrected chi connectivity index (χ3v) is 3.80. The number of aromatic nitrogens is 1. The normalized spacial score (nSPS) is 18.4. The molecule has 2 N–H and O–H groups in total. The van der Waals surface area contributed by atoms with Gasteiger partial charge in [0.05, 0.1) is 11.1 Å². The van der Waals surface area contributed by atoms with E-state index in [1.54, 1.807) is 12.3 Å². The van der Waals surface area contributed by atoms with E-state index in [1.807, 2.05) is 18.2 Å². The minimum atomic E-state index is -0.120. The molecule has 1 aromatic carbocycles. The number of halogens is 1. The summed E-state index contributed by atoms with van der Waals surface area (Å²) >= 11 is 6.08. The van der Waals surface area contributed by atoms with Crippen LogP contribution in [0.25, 0.3) is 10.9 Å². The molecule has 1 amide bonds. The van der Waals surface area contributed by atoms with Crippen molar-refractivity contribution in [2.75, 3.05) is 13.1 Å². The van der Waals surface area contributed by atoms with Crippen LogP contribution in [0.2, 0.25) is 5.02 Å². The topological polar surface area (TPSA) is 54.0 Å². The third kappa shape index (κ3) is 2.76. The molecular weight excluding hydrogens is 274 g/mol. The van der Waals surface area contributed by atoms with E-state index in [0.717, 1.165) is 18.4 Å². The molecule has 1 aliphatic rings. The molecule has 1 saturated heterocycles. The van der Waals surface area contributed by atoms with Crippen molar-refractivity contribution in [1.29, 1.82) is 0 Å². The average molecular weight is 290 g/mol. The van der Waals surface area contributed by atoms with Crippen molar-refractivity contribution in [2.45, 2.75) is 18.9 Å². The van der Waals surface area contributed by atoms with Crippen LogP contribution in [0.15, 0.2) is 30.5 Å². The Hall–Kier alpha value is -1.65. The smallest absolute Gasteiger partial charge is 0.253 e. The SMILES string of the molecule is O=C(NCC1CCCN1)c1cc(Cl)cc2cccnc12. The number of amides is 1. The molecular formula is C15H16ClN3O. The number of rotatable bonds is 3. The predicted octanol–water partition coefficient (Wildman–Crippen LogP) is 2.37. The molecule has 0 saturated carbocycles. The molecule has 0 bridgehead atoms. The van der Waals surface area contributed by atoms with Crippen LogP contribution in [-0.2, 0) is 0 Å². The minimum absolute atomic E-state index is 0.120. The van der Waals surface area contributed by atoms with Crippen LogP contribution < -0.4 is 10.6 Å². The maximum absolute atomic E-state index is 12.3. The Morgan fingerprint density at radius 3 is 3.20 bits per heavy atom.